The quantitative estimate of drug-likeness (QED) is 0.673. The second-order valence-corrected chi connectivity index (χ2v) is 5.94. The molecule has 2 N–H and O–H groups in total. The van der Waals surface area contributed by atoms with Crippen LogP contribution in [0.1, 0.15) is 46.0 Å². The SMILES string of the molecule is C=CC[C@H](O)C[C@H]1C[C@H](C[C@@H](O)CC=C)OC(C)(C)O1. The lowest BCUT2D eigenvalue weighted by Gasteiger charge is -2.42. The molecule has 1 aliphatic rings. The molecule has 4 nitrogen and oxygen atoms in total. The Morgan fingerprint density at radius 3 is 1.80 bits per heavy atom. The molecule has 1 aliphatic heterocycles. The molecule has 0 aromatic rings. The van der Waals surface area contributed by atoms with E-state index in [1.165, 1.54) is 0 Å². The molecule has 4 atom stereocenters. The molecule has 1 rings (SSSR count). The van der Waals surface area contributed by atoms with Crippen molar-refractivity contribution in [2.75, 3.05) is 0 Å². The van der Waals surface area contributed by atoms with E-state index in [2.05, 4.69) is 13.2 Å². The molecule has 20 heavy (non-hydrogen) atoms. The summed E-state index contributed by atoms with van der Waals surface area (Å²) in [5.74, 6) is -0.685. The number of rotatable bonds is 8. The molecular weight excluding hydrogens is 256 g/mol. The Bertz CT molecular complexity index is 286. The molecule has 0 aromatic carbocycles. The van der Waals surface area contributed by atoms with E-state index in [1.54, 1.807) is 12.2 Å². The van der Waals surface area contributed by atoms with Gasteiger partial charge in [0.2, 0.25) is 0 Å². The van der Waals surface area contributed by atoms with Crippen LogP contribution in [-0.4, -0.2) is 40.4 Å². The van der Waals surface area contributed by atoms with E-state index in [0.717, 1.165) is 0 Å². The summed E-state index contributed by atoms with van der Waals surface area (Å²) in [4.78, 5) is 0. The summed E-state index contributed by atoms with van der Waals surface area (Å²) < 4.78 is 11.7. The molecule has 0 amide bonds. The zero-order valence-electron chi connectivity index (χ0n) is 12.6. The van der Waals surface area contributed by atoms with E-state index in [0.29, 0.717) is 32.1 Å². The van der Waals surface area contributed by atoms with Crippen LogP contribution in [0, 0.1) is 0 Å². The molecule has 0 bridgehead atoms. The zero-order chi connectivity index (χ0) is 15.2. The Kier molecular flexibility index (Phi) is 6.89. The van der Waals surface area contributed by atoms with Crippen molar-refractivity contribution in [3.05, 3.63) is 25.3 Å². The Labute approximate surface area is 122 Å². The van der Waals surface area contributed by atoms with Gasteiger partial charge in [-0.2, -0.15) is 0 Å². The summed E-state index contributed by atoms with van der Waals surface area (Å²) in [5.41, 5.74) is 0. The molecule has 1 heterocycles. The molecule has 0 unspecified atom stereocenters. The third-order valence-corrected chi connectivity index (χ3v) is 3.37. The molecule has 0 aromatic heterocycles. The van der Waals surface area contributed by atoms with Crippen LogP contribution < -0.4 is 0 Å². The average molecular weight is 284 g/mol. The lowest BCUT2D eigenvalue weighted by atomic mass is 9.97. The van der Waals surface area contributed by atoms with Crippen LogP contribution in [0.25, 0.3) is 0 Å². The zero-order valence-corrected chi connectivity index (χ0v) is 12.6. The molecule has 0 spiro atoms. The second kappa shape index (κ2) is 7.93. The van der Waals surface area contributed by atoms with Crippen molar-refractivity contribution in [2.24, 2.45) is 0 Å². The predicted molar refractivity (Wildman–Crippen MR) is 79.3 cm³/mol. The van der Waals surface area contributed by atoms with Crippen molar-refractivity contribution in [1.29, 1.82) is 0 Å². The molecule has 1 saturated heterocycles. The van der Waals surface area contributed by atoms with E-state index in [-0.39, 0.29) is 12.2 Å². The first-order chi connectivity index (χ1) is 9.36. The summed E-state index contributed by atoms with van der Waals surface area (Å²) in [6.07, 6.45) is 5.35. The monoisotopic (exact) mass is 284 g/mol. The van der Waals surface area contributed by atoms with Gasteiger partial charge >= 0.3 is 0 Å². The van der Waals surface area contributed by atoms with Crippen LogP contribution in [0.4, 0.5) is 0 Å². The number of aliphatic hydroxyl groups excluding tert-OH is 2. The van der Waals surface area contributed by atoms with Gasteiger partial charge in [0.15, 0.2) is 5.79 Å². The summed E-state index contributed by atoms with van der Waals surface area (Å²) in [7, 11) is 0. The van der Waals surface area contributed by atoms with E-state index in [4.69, 9.17) is 9.47 Å². The molecule has 116 valence electrons. The topological polar surface area (TPSA) is 58.9 Å². The lowest BCUT2D eigenvalue weighted by Crippen LogP contribution is -2.46. The first kappa shape index (κ1) is 17.4. The van der Waals surface area contributed by atoms with Crippen LogP contribution in [0.5, 0.6) is 0 Å². The highest BCUT2D eigenvalue weighted by Gasteiger charge is 2.36. The summed E-state index contributed by atoms with van der Waals surface area (Å²) in [5, 5.41) is 19.7. The predicted octanol–water partition coefficient (Wildman–Crippen LogP) is 2.55. The number of aliphatic hydroxyl groups is 2. The van der Waals surface area contributed by atoms with Crippen LogP contribution >= 0.6 is 0 Å². The van der Waals surface area contributed by atoms with Gasteiger partial charge in [-0.25, -0.2) is 0 Å². The maximum atomic E-state index is 9.87. The van der Waals surface area contributed by atoms with Gasteiger partial charge in [0, 0.05) is 19.3 Å². The van der Waals surface area contributed by atoms with Gasteiger partial charge < -0.3 is 19.7 Å². The molecular formula is C16H28O4. The summed E-state index contributed by atoms with van der Waals surface area (Å²) in [6, 6.07) is 0. The lowest BCUT2D eigenvalue weighted by molar-refractivity contribution is -0.305. The Morgan fingerprint density at radius 2 is 1.45 bits per heavy atom. The number of hydrogen-bond donors (Lipinski definition) is 2. The van der Waals surface area contributed by atoms with Crippen molar-refractivity contribution in [3.8, 4) is 0 Å². The van der Waals surface area contributed by atoms with Crippen molar-refractivity contribution in [2.45, 2.75) is 76.2 Å². The Morgan fingerprint density at radius 1 is 1.05 bits per heavy atom. The fraction of sp³-hybridized carbons (Fsp3) is 0.750. The van der Waals surface area contributed by atoms with Gasteiger partial charge in [0.25, 0.3) is 0 Å². The first-order valence-corrected chi connectivity index (χ1v) is 7.30. The maximum Gasteiger partial charge on any atom is 0.163 e. The third-order valence-electron chi connectivity index (χ3n) is 3.37. The minimum absolute atomic E-state index is 0.0605. The highest BCUT2D eigenvalue weighted by Crippen LogP contribution is 2.31. The molecule has 0 aliphatic carbocycles. The number of ether oxygens (including phenoxy) is 2. The Hall–Kier alpha value is -0.680. The summed E-state index contributed by atoms with van der Waals surface area (Å²) in [6.45, 7) is 11.0. The molecule has 0 saturated carbocycles. The molecule has 0 radical (unpaired) electrons. The smallest absolute Gasteiger partial charge is 0.163 e. The van der Waals surface area contributed by atoms with Crippen molar-refractivity contribution >= 4 is 0 Å². The van der Waals surface area contributed by atoms with E-state index >= 15 is 0 Å². The van der Waals surface area contributed by atoms with Crippen LogP contribution in [0.3, 0.4) is 0 Å². The van der Waals surface area contributed by atoms with Gasteiger partial charge in [-0.05, 0) is 26.7 Å². The van der Waals surface area contributed by atoms with Crippen molar-refractivity contribution < 1.29 is 19.7 Å². The number of hydrogen-bond acceptors (Lipinski definition) is 4. The molecule has 1 fully saturated rings. The fourth-order valence-electron chi connectivity index (χ4n) is 2.69. The van der Waals surface area contributed by atoms with E-state index in [1.807, 2.05) is 13.8 Å². The summed E-state index contributed by atoms with van der Waals surface area (Å²) >= 11 is 0. The van der Waals surface area contributed by atoms with E-state index < -0.39 is 18.0 Å². The van der Waals surface area contributed by atoms with Gasteiger partial charge in [0.1, 0.15) is 0 Å². The van der Waals surface area contributed by atoms with Crippen molar-refractivity contribution in [3.63, 3.8) is 0 Å². The second-order valence-electron chi connectivity index (χ2n) is 5.94. The van der Waals surface area contributed by atoms with Crippen LogP contribution in [0.2, 0.25) is 0 Å². The average Bonchev–Trinajstić information content (AvgIpc) is 2.26. The van der Waals surface area contributed by atoms with Gasteiger partial charge in [-0.15, -0.1) is 13.2 Å². The first-order valence-electron chi connectivity index (χ1n) is 7.30. The molecule has 4 heteroatoms. The third kappa shape index (κ3) is 6.18. The highest BCUT2D eigenvalue weighted by atomic mass is 16.7. The highest BCUT2D eigenvalue weighted by molar-refractivity contribution is 4.83. The van der Waals surface area contributed by atoms with Gasteiger partial charge in [0.05, 0.1) is 24.4 Å². The van der Waals surface area contributed by atoms with Crippen molar-refractivity contribution in [1.82, 2.24) is 0 Å². The Balaban J connectivity index is 2.55. The fourth-order valence-corrected chi connectivity index (χ4v) is 2.69. The van der Waals surface area contributed by atoms with Gasteiger partial charge in [-0.3, -0.25) is 0 Å². The largest absolute Gasteiger partial charge is 0.393 e. The maximum absolute atomic E-state index is 9.87. The van der Waals surface area contributed by atoms with E-state index in [9.17, 15) is 10.2 Å². The van der Waals surface area contributed by atoms with Gasteiger partial charge in [-0.1, -0.05) is 12.2 Å². The minimum atomic E-state index is -0.685. The van der Waals surface area contributed by atoms with Crippen LogP contribution in [-0.2, 0) is 9.47 Å². The normalized spacial score (nSPS) is 28.6. The van der Waals surface area contributed by atoms with Crippen LogP contribution in [0.15, 0.2) is 25.3 Å². The standard InChI is InChI=1S/C16H28O4/c1-5-7-12(17)9-14-11-15(10-13(18)8-6-2)20-16(3,4)19-14/h5-6,12-15,17-18H,1-2,7-11H2,3-4H3/t12-,13-,14-,15-/m0/s1. The minimum Gasteiger partial charge on any atom is -0.393 e.